The van der Waals surface area contributed by atoms with E-state index in [1.54, 1.807) is 28.0 Å². The van der Waals surface area contributed by atoms with Crippen LogP contribution in [0.2, 0.25) is 0 Å². The minimum Gasteiger partial charge on any atom is -0.491 e. The molecule has 9 heteroatoms. The standard InChI is InChI=1S/C22H21F3N2O4/c23-22(24,25)31-17-6-3-15(4-7-17)16-5-8-19-18(14-16)21(29)27(12-13-30-19)11-10-26-9-1-2-20(26)28/h3-8,14H,1-2,9-13H2. The first-order valence-electron chi connectivity index (χ1n) is 10.0. The highest BCUT2D eigenvalue weighted by molar-refractivity contribution is 5.98. The quantitative estimate of drug-likeness (QED) is 0.720. The molecule has 2 aromatic rings. The number of carbonyl (C=O) groups is 2. The lowest BCUT2D eigenvalue weighted by molar-refractivity contribution is -0.274. The van der Waals surface area contributed by atoms with Crippen molar-refractivity contribution in [2.24, 2.45) is 0 Å². The lowest BCUT2D eigenvalue weighted by Gasteiger charge is -2.23. The van der Waals surface area contributed by atoms with Gasteiger partial charge in [0, 0.05) is 26.1 Å². The smallest absolute Gasteiger partial charge is 0.491 e. The van der Waals surface area contributed by atoms with Gasteiger partial charge in [-0.3, -0.25) is 9.59 Å². The van der Waals surface area contributed by atoms with Crippen molar-refractivity contribution in [1.29, 1.82) is 0 Å². The van der Waals surface area contributed by atoms with Crippen LogP contribution in [0.3, 0.4) is 0 Å². The van der Waals surface area contributed by atoms with Crippen molar-refractivity contribution in [3.8, 4) is 22.6 Å². The molecular weight excluding hydrogens is 413 g/mol. The molecular formula is C22H21F3N2O4. The van der Waals surface area contributed by atoms with Gasteiger partial charge in [0.1, 0.15) is 18.1 Å². The molecule has 2 aromatic carbocycles. The summed E-state index contributed by atoms with van der Waals surface area (Å²) >= 11 is 0. The van der Waals surface area contributed by atoms with E-state index in [0.29, 0.717) is 61.6 Å². The minimum absolute atomic E-state index is 0.110. The number of amides is 2. The second-order valence-corrected chi connectivity index (χ2v) is 7.41. The Labute approximate surface area is 177 Å². The summed E-state index contributed by atoms with van der Waals surface area (Å²) in [6.45, 7) is 2.37. The predicted molar refractivity (Wildman–Crippen MR) is 106 cm³/mol. The molecule has 2 amide bonds. The third-order valence-electron chi connectivity index (χ3n) is 5.35. The average molecular weight is 434 g/mol. The summed E-state index contributed by atoms with van der Waals surface area (Å²) in [4.78, 5) is 28.4. The lowest BCUT2D eigenvalue weighted by atomic mass is 10.0. The van der Waals surface area contributed by atoms with Crippen LogP contribution in [0, 0.1) is 0 Å². The molecule has 164 valence electrons. The Morgan fingerprint density at radius 2 is 1.65 bits per heavy atom. The summed E-state index contributed by atoms with van der Waals surface area (Å²) in [5.41, 5.74) is 1.70. The second-order valence-electron chi connectivity index (χ2n) is 7.41. The van der Waals surface area contributed by atoms with Crippen LogP contribution in [-0.4, -0.2) is 60.8 Å². The van der Waals surface area contributed by atoms with Crippen LogP contribution in [0.1, 0.15) is 23.2 Å². The van der Waals surface area contributed by atoms with Crippen molar-refractivity contribution >= 4 is 11.8 Å². The Balaban J connectivity index is 1.51. The summed E-state index contributed by atoms with van der Waals surface area (Å²) in [7, 11) is 0. The number of benzene rings is 2. The molecule has 2 heterocycles. The molecule has 0 atom stereocenters. The van der Waals surface area contributed by atoms with E-state index in [2.05, 4.69) is 4.74 Å². The van der Waals surface area contributed by atoms with Crippen LogP contribution in [0.25, 0.3) is 11.1 Å². The van der Waals surface area contributed by atoms with Gasteiger partial charge in [0.15, 0.2) is 0 Å². The maximum Gasteiger partial charge on any atom is 0.573 e. The molecule has 0 aromatic heterocycles. The molecule has 2 aliphatic heterocycles. The number of nitrogens with zero attached hydrogens (tertiary/aromatic N) is 2. The fourth-order valence-corrected chi connectivity index (χ4v) is 3.78. The first-order valence-corrected chi connectivity index (χ1v) is 10.0. The molecule has 0 unspecified atom stereocenters. The van der Waals surface area contributed by atoms with Crippen molar-refractivity contribution in [2.45, 2.75) is 19.2 Å². The summed E-state index contributed by atoms with van der Waals surface area (Å²) in [5, 5.41) is 0. The number of carbonyl (C=O) groups excluding carboxylic acids is 2. The highest BCUT2D eigenvalue weighted by atomic mass is 19.4. The number of halogens is 3. The maximum absolute atomic E-state index is 13.1. The van der Waals surface area contributed by atoms with Crippen LogP contribution in [0.4, 0.5) is 13.2 Å². The van der Waals surface area contributed by atoms with E-state index in [4.69, 9.17) is 4.74 Å². The predicted octanol–water partition coefficient (Wildman–Crippen LogP) is 3.71. The third kappa shape index (κ3) is 4.92. The van der Waals surface area contributed by atoms with E-state index < -0.39 is 6.36 Å². The molecule has 0 aliphatic carbocycles. The second kappa shape index (κ2) is 8.49. The molecule has 1 saturated heterocycles. The van der Waals surface area contributed by atoms with Crippen LogP contribution in [-0.2, 0) is 4.79 Å². The fourth-order valence-electron chi connectivity index (χ4n) is 3.78. The van der Waals surface area contributed by atoms with Crippen LogP contribution in [0.15, 0.2) is 42.5 Å². The Morgan fingerprint density at radius 1 is 0.935 bits per heavy atom. The molecule has 1 fully saturated rings. The van der Waals surface area contributed by atoms with Gasteiger partial charge in [0.05, 0.1) is 12.1 Å². The highest BCUT2D eigenvalue weighted by Gasteiger charge is 2.31. The van der Waals surface area contributed by atoms with Gasteiger partial charge in [0.2, 0.25) is 5.91 Å². The largest absolute Gasteiger partial charge is 0.573 e. The zero-order valence-corrected chi connectivity index (χ0v) is 16.7. The van der Waals surface area contributed by atoms with E-state index >= 15 is 0 Å². The monoisotopic (exact) mass is 434 g/mol. The Morgan fingerprint density at radius 3 is 2.32 bits per heavy atom. The Kier molecular flexibility index (Phi) is 5.75. The normalized spacial score (nSPS) is 16.7. The number of ether oxygens (including phenoxy) is 2. The molecule has 6 nitrogen and oxygen atoms in total. The molecule has 0 spiro atoms. The van der Waals surface area contributed by atoms with Gasteiger partial charge >= 0.3 is 6.36 Å². The zero-order valence-electron chi connectivity index (χ0n) is 16.7. The number of fused-ring (bicyclic) bond motifs is 1. The van der Waals surface area contributed by atoms with E-state index in [9.17, 15) is 22.8 Å². The van der Waals surface area contributed by atoms with Crippen molar-refractivity contribution in [3.05, 3.63) is 48.0 Å². The maximum atomic E-state index is 13.1. The first kappa shape index (κ1) is 21.0. The Hall–Kier alpha value is -3.23. The average Bonchev–Trinajstić information content (AvgIpc) is 3.07. The van der Waals surface area contributed by atoms with Crippen molar-refractivity contribution in [2.75, 3.05) is 32.8 Å². The van der Waals surface area contributed by atoms with E-state index in [1.165, 1.54) is 24.3 Å². The third-order valence-corrected chi connectivity index (χ3v) is 5.35. The summed E-state index contributed by atoms with van der Waals surface area (Å²) < 4.78 is 46.7. The molecule has 31 heavy (non-hydrogen) atoms. The molecule has 0 N–H and O–H groups in total. The fraction of sp³-hybridized carbons (Fsp3) is 0.364. The van der Waals surface area contributed by atoms with Crippen molar-refractivity contribution < 1.29 is 32.2 Å². The SMILES string of the molecule is O=C1CCCN1CCN1CCOc2ccc(-c3ccc(OC(F)(F)F)cc3)cc2C1=O. The summed E-state index contributed by atoms with van der Waals surface area (Å²) in [6.07, 6.45) is -3.36. The van der Waals surface area contributed by atoms with Gasteiger partial charge in [0.25, 0.3) is 5.91 Å². The zero-order chi connectivity index (χ0) is 22.0. The molecule has 2 aliphatic rings. The molecule has 0 radical (unpaired) electrons. The first-order chi connectivity index (χ1) is 14.8. The van der Waals surface area contributed by atoms with Crippen molar-refractivity contribution in [3.63, 3.8) is 0 Å². The van der Waals surface area contributed by atoms with Gasteiger partial charge in [-0.15, -0.1) is 13.2 Å². The van der Waals surface area contributed by atoms with E-state index in [1.807, 2.05) is 0 Å². The number of hydrogen-bond acceptors (Lipinski definition) is 4. The van der Waals surface area contributed by atoms with Gasteiger partial charge in [-0.05, 0) is 41.8 Å². The molecule has 0 saturated carbocycles. The van der Waals surface area contributed by atoms with Crippen molar-refractivity contribution in [1.82, 2.24) is 9.80 Å². The summed E-state index contributed by atoms with van der Waals surface area (Å²) in [6, 6.07) is 10.6. The van der Waals surface area contributed by atoms with E-state index in [-0.39, 0.29) is 17.6 Å². The van der Waals surface area contributed by atoms with Crippen LogP contribution >= 0.6 is 0 Å². The number of hydrogen-bond donors (Lipinski definition) is 0. The Bertz CT molecular complexity index is 976. The van der Waals surface area contributed by atoms with Crippen LogP contribution < -0.4 is 9.47 Å². The van der Waals surface area contributed by atoms with E-state index in [0.717, 1.165) is 6.42 Å². The molecule has 4 rings (SSSR count). The van der Waals surface area contributed by atoms with Gasteiger partial charge < -0.3 is 19.3 Å². The van der Waals surface area contributed by atoms with Crippen LogP contribution in [0.5, 0.6) is 11.5 Å². The summed E-state index contributed by atoms with van der Waals surface area (Å²) in [5.74, 6) is 0.0655. The number of rotatable bonds is 5. The highest BCUT2D eigenvalue weighted by Crippen LogP contribution is 2.31. The lowest BCUT2D eigenvalue weighted by Crippen LogP contribution is -2.40. The van der Waals surface area contributed by atoms with Gasteiger partial charge in [-0.1, -0.05) is 18.2 Å². The minimum atomic E-state index is -4.75. The van der Waals surface area contributed by atoms with Gasteiger partial charge in [-0.2, -0.15) is 0 Å². The number of likely N-dealkylation sites (tertiary alicyclic amines) is 1. The molecule has 0 bridgehead atoms. The number of alkyl halides is 3. The topological polar surface area (TPSA) is 59.1 Å². The van der Waals surface area contributed by atoms with Gasteiger partial charge in [-0.25, -0.2) is 0 Å².